The fourth-order valence-corrected chi connectivity index (χ4v) is 3.59. The van der Waals surface area contributed by atoms with Gasteiger partial charge in [-0.25, -0.2) is 0 Å². The zero-order chi connectivity index (χ0) is 16.6. The zero-order valence-electron chi connectivity index (χ0n) is 13.2. The summed E-state index contributed by atoms with van der Waals surface area (Å²) in [5, 5.41) is 22.0. The Morgan fingerprint density at radius 3 is 2.43 bits per heavy atom. The van der Waals surface area contributed by atoms with Gasteiger partial charge in [-0.2, -0.15) is 0 Å². The molecule has 2 unspecified atom stereocenters. The second-order valence-corrected chi connectivity index (χ2v) is 6.81. The monoisotopic (exact) mass is 332 g/mol. The topological polar surface area (TPSA) is 49.7 Å². The van der Waals surface area contributed by atoms with Crippen molar-refractivity contribution in [3.8, 4) is 0 Å². The molecule has 1 aliphatic heterocycles. The van der Waals surface area contributed by atoms with Crippen LogP contribution in [0.15, 0.2) is 48.5 Å². The van der Waals surface area contributed by atoms with E-state index in [4.69, 9.17) is 16.3 Å². The Hall–Kier alpha value is -1.39. The van der Waals surface area contributed by atoms with Gasteiger partial charge in [-0.15, -0.1) is 0 Å². The SMILES string of the molecule is Cc1cccc(C(O)[C@H]2OC(Cl)C[C@@]2(O)c2cccc(C)c2)c1. The maximum absolute atomic E-state index is 11.2. The van der Waals surface area contributed by atoms with Gasteiger partial charge in [0.15, 0.2) is 0 Å². The summed E-state index contributed by atoms with van der Waals surface area (Å²) in [5.74, 6) is 0. The number of hydrogen-bond donors (Lipinski definition) is 2. The minimum atomic E-state index is -1.32. The quantitative estimate of drug-likeness (QED) is 0.845. The molecule has 3 nitrogen and oxygen atoms in total. The Kier molecular flexibility index (Phi) is 4.47. The van der Waals surface area contributed by atoms with Crippen LogP contribution in [0.2, 0.25) is 0 Å². The molecule has 3 rings (SSSR count). The van der Waals surface area contributed by atoms with Gasteiger partial charge in [0.05, 0.1) is 0 Å². The first kappa shape index (κ1) is 16.5. The van der Waals surface area contributed by atoms with Crippen LogP contribution in [-0.2, 0) is 10.3 Å². The third-order valence-corrected chi connectivity index (χ3v) is 4.68. The highest BCUT2D eigenvalue weighted by molar-refractivity contribution is 6.19. The number of aryl methyl sites for hydroxylation is 2. The van der Waals surface area contributed by atoms with E-state index in [-0.39, 0.29) is 6.42 Å². The molecule has 0 spiro atoms. The lowest BCUT2D eigenvalue weighted by Crippen LogP contribution is -2.39. The first-order valence-corrected chi connectivity index (χ1v) is 8.17. The van der Waals surface area contributed by atoms with E-state index in [0.29, 0.717) is 5.56 Å². The van der Waals surface area contributed by atoms with Crippen LogP contribution in [-0.4, -0.2) is 21.9 Å². The summed E-state index contributed by atoms with van der Waals surface area (Å²) in [6.07, 6.45) is -1.52. The smallest absolute Gasteiger partial charge is 0.135 e. The molecule has 4 heteroatoms. The average molecular weight is 333 g/mol. The maximum atomic E-state index is 11.2. The molecule has 122 valence electrons. The van der Waals surface area contributed by atoms with Crippen LogP contribution in [0.4, 0.5) is 0 Å². The second-order valence-electron chi connectivity index (χ2n) is 6.32. The van der Waals surface area contributed by atoms with Gasteiger partial charge in [0.1, 0.15) is 23.4 Å². The van der Waals surface area contributed by atoms with E-state index < -0.39 is 23.4 Å². The standard InChI is InChI=1S/C19H21ClO3/c1-12-5-3-7-14(9-12)17(21)18-19(22,11-16(20)23-18)15-8-4-6-13(2)10-15/h3-10,16-18,21-22H,11H2,1-2H3/t16?,17?,18-,19-/m1/s1. The van der Waals surface area contributed by atoms with Gasteiger partial charge in [0.2, 0.25) is 0 Å². The molecule has 0 aromatic heterocycles. The molecule has 1 saturated heterocycles. The van der Waals surface area contributed by atoms with Crippen molar-refractivity contribution in [1.82, 2.24) is 0 Å². The number of halogens is 1. The number of benzene rings is 2. The number of ether oxygens (including phenoxy) is 1. The molecule has 1 fully saturated rings. The summed E-state index contributed by atoms with van der Waals surface area (Å²) < 4.78 is 5.69. The highest BCUT2D eigenvalue weighted by Gasteiger charge is 2.51. The Morgan fingerprint density at radius 2 is 1.78 bits per heavy atom. The number of alkyl halides is 1. The van der Waals surface area contributed by atoms with Gasteiger partial charge in [-0.1, -0.05) is 71.3 Å². The van der Waals surface area contributed by atoms with Crippen molar-refractivity contribution < 1.29 is 14.9 Å². The van der Waals surface area contributed by atoms with Crippen LogP contribution < -0.4 is 0 Å². The first-order chi connectivity index (χ1) is 10.9. The van der Waals surface area contributed by atoms with E-state index in [2.05, 4.69) is 0 Å². The summed E-state index contributed by atoms with van der Waals surface area (Å²) in [6, 6.07) is 15.2. The number of hydrogen-bond acceptors (Lipinski definition) is 3. The Labute approximate surface area is 141 Å². The summed E-state index contributed by atoms with van der Waals surface area (Å²) in [4.78, 5) is 0. The fraction of sp³-hybridized carbons (Fsp3) is 0.368. The third-order valence-electron chi connectivity index (χ3n) is 4.43. The normalized spacial score (nSPS) is 28.7. The third kappa shape index (κ3) is 3.15. The molecule has 0 amide bonds. The van der Waals surface area contributed by atoms with E-state index in [1.165, 1.54) is 0 Å². The van der Waals surface area contributed by atoms with Gasteiger partial charge < -0.3 is 14.9 Å². The lowest BCUT2D eigenvalue weighted by Gasteiger charge is -2.32. The van der Waals surface area contributed by atoms with Gasteiger partial charge >= 0.3 is 0 Å². The molecular formula is C19H21ClO3. The molecular weight excluding hydrogens is 312 g/mol. The highest BCUT2D eigenvalue weighted by Crippen LogP contribution is 2.45. The second kappa shape index (κ2) is 6.25. The molecule has 1 aliphatic rings. The van der Waals surface area contributed by atoms with Gasteiger partial charge in [-0.3, -0.25) is 0 Å². The summed E-state index contributed by atoms with van der Waals surface area (Å²) in [5.41, 5.74) is 1.56. The van der Waals surface area contributed by atoms with Crippen LogP contribution in [0.3, 0.4) is 0 Å². The molecule has 2 aromatic rings. The summed E-state index contributed by atoms with van der Waals surface area (Å²) >= 11 is 6.15. The Balaban J connectivity index is 1.99. The lowest BCUT2D eigenvalue weighted by atomic mass is 9.82. The predicted octanol–water partition coefficient (Wildman–Crippen LogP) is 3.58. The lowest BCUT2D eigenvalue weighted by molar-refractivity contribution is -0.106. The minimum Gasteiger partial charge on any atom is -0.386 e. The molecule has 2 aromatic carbocycles. The van der Waals surface area contributed by atoms with Crippen molar-refractivity contribution >= 4 is 11.6 Å². The number of aliphatic hydroxyl groups is 2. The number of aliphatic hydroxyl groups excluding tert-OH is 1. The molecule has 2 N–H and O–H groups in total. The van der Waals surface area contributed by atoms with Crippen LogP contribution >= 0.6 is 11.6 Å². The van der Waals surface area contributed by atoms with Gasteiger partial charge in [0.25, 0.3) is 0 Å². The average Bonchev–Trinajstić information content (AvgIpc) is 2.82. The maximum Gasteiger partial charge on any atom is 0.135 e. The summed E-state index contributed by atoms with van der Waals surface area (Å²) in [7, 11) is 0. The van der Waals surface area contributed by atoms with Crippen LogP contribution in [0.5, 0.6) is 0 Å². The van der Waals surface area contributed by atoms with E-state index in [1.807, 2.05) is 62.4 Å². The Morgan fingerprint density at radius 1 is 1.13 bits per heavy atom. The Bertz CT molecular complexity index is 703. The van der Waals surface area contributed by atoms with Crippen LogP contribution in [0, 0.1) is 13.8 Å². The van der Waals surface area contributed by atoms with Gasteiger partial charge in [0, 0.05) is 6.42 Å². The molecule has 0 radical (unpaired) electrons. The highest BCUT2D eigenvalue weighted by atomic mass is 35.5. The van der Waals surface area contributed by atoms with E-state index in [0.717, 1.165) is 16.7 Å². The number of rotatable bonds is 3. The zero-order valence-corrected chi connectivity index (χ0v) is 14.0. The van der Waals surface area contributed by atoms with Crippen molar-refractivity contribution in [3.63, 3.8) is 0 Å². The van der Waals surface area contributed by atoms with Crippen LogP contribution in [0.1, 0.15) is 34.8 Å². The molecule has 4 atom stereocenters. The largest absolute Gasteiger partial charge is 0.386 e. The summed E-state index contributed by atoms with van der Waals surface area (Å²) in [6.45, 7) is 3.93. The van der Waals surface area contributed by atoms with Crippen molar-refractivity contribution in [2.24, 2.45) is 0 Å². The van der Waals surface area contributed by atoms with E-state index in [9.17, 15) is 10.2 Å². The first-order valence-electron chi connectivity index (χ1n) is 7.74. The van der Waals surface area contributed by atoms with E-state index in [1.54, 1.807) is 0 Å². The van der Waals surface area contributed by atoms with Crippen molar-refractivity contribution in [1.29, 1.82) is 0 Å². The molecule has 0 saturated carbocycles. The molecule has 0 bridgehead atoms. The van der Waals surface area contributed by atoms with Crippen LogP contribution in [0.25, 0.3) is 0 Å². The predicted molar refractivity (Wildman–Crippen MR) is 90.3 cm³/mol. The molecule has 0 aliphatic carbocycles. The van der Waals surface area contributed by atoms with Gasteiger partial charge in [-0.05, 0) is 25.0 Å². The minimum absolute atomic E-state index is 0.242. The molecule has 1 heterocycles. The molecule has 23 heavy (non-hydrogen) atoms. The van der Waals surface area contributed by atoms with Crippen molar-refractivity contribution in [2.45, 2.75) is 43.6 Å². The fourth-order valence-electron chi connectivity index (χ4n) is 3.24. The van der Waals surface area contributed by atoms with Crippen molar-refractivity contribution in [2.75, 3.05) is 0 Å². The van der Waals surface area contributed by atoms with E-state index >= 15 is 0 Å². The van der Waals surface area contributed by atoms with Crippen molar-refractivity contribution in [3.05, 3.63) is 70.8 Å².